The number of fused-ring (bicyclic) bond motifs is 2. The van der Waals surface area contributed by atoms with Crippen LogP contribution in [0.1, 0.15) is 19.8 Å². The zero-order valence-electron chi connectivity index (χ0n) is 10.7. The molecule has 1 N–H and O–H groups in total. The van der Waals surface area contributed by atoms with Gasteiger partial charge in [0.25, 0.3) is 0 Å². The van der Waals surface area contributed by atoms with Crippen LogP contribution in [0.15, 0.2) is 48.5 Å². The third kappa shape index (κ3) is 1.84. The molecule has 2 heteroatoms. The summed E-state index contributed by atoms with van der Waals surface area (Å²) >= 11 is 0. The molecule has 2 aromatic carbocycles. The largest absolute Gasteiger partial charge is 0.352 e. The van der Waals surface area contributed by atoms with Crippen molar-refractivity contribution in [2.45, 2.75) is 19.8 Å². The molecule has 0 spiro atoms. The molecule has 0 unspecified atom stereocenters. The number of nitrogens with zero attached hydrogens (tertiary/aromatic N) is 1. The minimum atomic E-state index is 1.08. The minimum Gasteiger partial charge on any atom is -0.352 e. The zero-order valence-corrected chi connectivity index (χ0v) is 10.7. The van der Waals surface area contributed by atoms with Crippen LogP contribution in [0.5, 0.6) is 0 Å². The highest BCUT2D eigenvalue weighted by molar-refractivity contribution is 5.91. The van der Waals surface area contributed by atoms with E-state index in [0.29, 0.717) is 0 Å². The van der Waals surface area contributed by atoms with Crippen molar-refractivity contribution >= 4 is 22.7 Å². The van der Waals surface area contributed by atoms with E-state index in [2.05, 4.69) is 65.7 Å². The van der Waals surface area contributed by atoms with Crippen molar-refractivity contribution in [1.82, 2.24) is 0 Å². The molecule has 0 saturated heterocycles. The van der Waals surface area contributed by atoms with Crippen molar-refractivity contribution in [1.29, 1.82) is 0 Å². The Morgan fingerprint density at radius 2 is 1.44 bits per heavy atom. The molecule has 18 heavy (non-hydrogen) atoms. The molecule has 1 aliphatic rings. The Bertz CT molecular complexity index is 503. The Kier molecular flexibility index (Phi) is 2.93. The van der Waals surface area contributed by atoms with E-state index in [4.69, 9.17) is 0 Å². The van der Waals surface area contributed by atoms with Crippen molar-refractivity contribution in [2.75, 3.05) is 16.8 Å². The maximum Gasteiger partial charge on any atom is 0.0650 e. The van der Waals surface area contributed by atoms with Gasteiger partial charge in [-0.15, -0.1) is 0 Å². The fraction of sp³-hybridized carbons (Fsp3) is 0.250. The summed E-state index contributed by atoms with van der Waals surface area (Å²) in [7, 11) is 0. The molecule has 0 bridgehead atoms. The number of para-hydroxylation sites is 4. The molecule has 0 radical (unpaired) electrons. The summed E-state index contributed by atoms with van der Waals surface area (Å²) in [6.07, 6.45) is 2.43. The van der Waals surface area contributed by atoms with Crippen LogP contribution in [0.25, 0.3) is 0 Å². The van der Waals surface area contributed by atoms with Gasteiger partial charge in [0.1, 0.15) is 0 Å². The lowest BCUT2D eigenvalue weighted by atomic mass is 10.1. The second kappa shape index (κ2) is 4.73. The summed E-state index contributed by atoms with van der Waals surface area (Å²) in [6, 6.07) is 17.0. The van der Waals surface area contributed by atoms with Gasteiger partial charge >= 0.3 is 0 Å². The summed E-state index contributed by atoms with van der Waals surface area (Å²) < 4.78 is 0. The van der Waals surface area contributed by atoms with E-state index >= 15 is 0 Å². The first kappa shape index (κ1) is 11.1. The van der Waals surface area contributed by atoms with Crippen LogP contribution in [0, 0.1) is 0 Å². The number of benzene rings is 2. The fourth-order valence-electron chi connectivity index (χ4n) is 2.46. The van der Waals surface area contributed by atoms with Crippen LogP contribution < -0.4 is 10.2 Å². The van der Waals surface area contributed by atoms with Gasteiger partial charge in [0.2, 0.25) is 0 Å². The second-order valence-corrected chi connectivity index (χ2v) is 4.66. The molecule has 3 rings (SSSR count). The average molecular weight is 238 g/mol. The Morgan fingerprint density at radius 1 is 0.889 bits per heavy atom. The number of hydrogen-bond donors (Lipinski definition) is 1. The Labute approximate surface area is 108 Å². The second-order valence-electron chi connectivity index (χ2n) is 4.66. The lowest BCUT2D eigenvalue weighted by molar-refractivity contribution is 0.785. The van der Waals surface area contributed by atoms with Crippen molar-refractivity contribution in [3.63, 3.8) is 0 Å². The highest BCUT2D eigenvalue weighted by atomic mass is 15.2. The molecule has 2 nitrogen and oxygen atoms in total. The first-order valence-electron chi connectivity index (χ1n) is 6.63. The fourth-order valence-corrected chi connectivity index (χ4v) is 2.46. The van der Waals surface area contributed by atoms with E-state index in [-0.39, 0.29) is 0 Å². The predicted molar refractivity (Wildman–Crippen MR) is 78.1 cm³/mol. The van der Waals surface area contributed by atoms with E-state index in [0.717, 1.165) is 6.54 Å². The van der Waals surface area contributed by atoms with Gasteiger partial charge < -0.3 is 10.2 Å². The molecular formula is C16H18N2. The molecule has 0 saturated carbocycles. The van der Waals surface area contributed by atoms with Gasteiger partial charge in [-0.25, -0.2) is 0 Å². The van der Waals surface area contributed by atoms with E-state index in [1.165, 1.54) is 35.6 Å². The molecule has 1 heterocycles. The maximum absolute atomic E-state index is 3.51. The number of anilines is 4. The van der Waals surface area contributed by atoms with Gasteiger partial charge in [0, 0.05) is 6.54 Å². The molecule has 0 amide bonds. The number of rotatable bonds is 3. The first-order valence-corrected chi connectivity index (χ1v) is 6.63. The number of unbranched alkanes of at least 4 members (excludes halogenated alkanes) is 1. The zero-order chi connectivity index (χ0) is 12.4. The minimum absolute atomic E-state index is 1.08. The summed E-state index contributed by atoms with van der Waals surface area (Å²) in [4.78, 5) is 2.42. The van der Waals surface area contributed by atoms with Gasteiger partial charge in [0.15, 0.2) is 0 Å². The van der Waals surface area contributed by atoms with Gasteiger partial charge in [0.05, 0.1) is 22.7 Å². The highest BCUT2D eigenvalue weighted by Crippen LogP contribution is 2.43. The summed E-state index contributed by atoms with van der Waals surface area (Å²) in [6.45, 7) is 3.31. The van der Waals surface area contributed by atoms with Gasteiger partial charge in [-0.05, 0) is 30.7 Å². The summed E-state index contributed by atoms with van der Waals surface area (Å²) in [5.41, 5.74) is 4.97. The normalized spacial score (nSPS) is 12.6. The molecule has 0 aromatic heterocycles. The van der Waals surface area contributed by atoms with Crippen molar-refractivity contribution in [2.24, 2.45) is 0 Å². The summed E-state index contributed by atoms with van der Waals surface area (Å²) in [5, 5.41) is 3.51. The van der Waals surface area contributed by atoms with E-state index in [1.807, 2.05) is 0 Å². The molecule has 0 atom stereocenters. The van der Waals surface area contributed by atoms with Gasteiger partial charge in [-0.1, -0.05) is 37.6 Å². The first-order chi connectivity index (χ1) is 8.90. The SMILES string of the molecule is CCCCN1c2ccccc2Nc2ccccc21. The van der Waals surface area contributed by atoms with Crippen molar-refractivity contribution < 1.29 is 0 Å². The van der Waals surface area contributed by atoms with Crippen LogP contribution in [0.4, 0.5) is 22.7 Å². The van der Waals surface area contributed by atoms with Crippen molar-refractivity contribution in [3.05, 3.63) is 48.5 Å². The van der Waals surface area contributed by atoms with E-state index in [9.17, 15) is 0 Å². The monoisotopic (exact) mass is 238 g/mol. The predicted octanol–water partition coefficient (Wildman–Crippen LogP) is 4.68. The van der Waals surface area contributed by atoms with Crippen LogP contribution in [-0.2, 0) is 0 Å². The lowest BCUT2D eigenvalue weighted by Crippen LogP contribution is -2.23. The van der Waals surface area contributed by atoms with Crippen LogP contribution in [0.3, 0.4) is 0 Å². The standard InChI is InChI=1S/C16H18N2/c1-2-3-12-18-15-10-6-4-8-13(15)17-14-9-5-7-11-16(14)18/h4-11,17H,2-3,12H2,1H3. The van der Waals surface area contributed by atoms with Crippen LogP contribution >= 0.6 is 0 Å². The van der Waals surface area contributed by atoms with Gasteiger partial charge in [-0.3, -0.25) is 0 Å². The molecule has 0 aliphatic carbocycles. The third-order valence-corrected chi connectivity index (χ3v) is 3.39. The lowest BCUT2D eigenvalue weighted by Gasteiger charge is -2.33. The van der Waals surface area contributed by atoms with Crippen molar-refractivity contribution in [3.8, 4) is 0 Å². The van der Waals surface area contributed by atoms with Crippen LogP contribution in [-0.4, -0.2) is 6.54 Å². The Balaban J connectivity index is 2.05. The molecule has 1 aliphatic heterocycles. The Morgan fingerprint density at radius 3 is 2.00 bits per heavy atom. The molecule has 92 valence electrons. The topological polar surface area (TPSA) is 15.3 Å². The highest BCUT2D eigenvalue weighted by Gasteiger charge is 2.20. The molecular weight excluding hydrogens is 220 g/mol. The van der Waals surface area contributed by atoms with E-state index < -0.39 is 0 Å². The molecule has 0 fully saturated rings. The molecule has 2 aromatic rings. The summed E-state index contributed by atoms with van der Waals surface area (Å²) in [5.74, 6) is 0. The smallest absolute Gasteiger partial charge is 0.0650 e. The average Bonchev–Trinajstić information content (AvgIpc) is 2.43. The van der Waals surface area contributed by atoms with Crippen LogP contribution in [0.2, 0.25) is 0 Å². The maximum atomic E-state index is 3.51. The number of nitrogens with one attached hydrogen (secondary N) is 1. The van der Waals surface area contributed by atoms with E-state index in [1.54, 1.807) is 0 Å². The third-order valence-electron chi connectivity index (χ3n) is 3.39. The quantitative estimate of drug-likeness (QED) is 0.835. The van der Waals surface area contributed by atoms with Gasteiger partial charge in [-0.2, -0.15) is 0 Å². The number of hydrogen-bond acceptors (Lipinski definition) is 2. The Hall–Kier alpha value is -1.96.